The van der Waals surface area contributed by atoms with Crippen LogP contribution in [0, 0.1) is 6.92 Å². The van der Waals surface area contributed by atoms with Gasteiger partial charge in [0.1, 0.15) is 17.7 Å². The molecule has 92 valence electrons. The number of pyridine rings is 1. The number of fused-ring (bicyclic) bond motifs is 1. The molecule has 0 unspecified atom stereocenters. The molecule has 0 aromatic carbocycles. The molecule has 3 aromatic heterocycles. The Morgan fingerprint density at radius 1 is 1.28 bits per heavy atom. The first-order valence-corrected chi connectivity index (χ1v) is 6.13. The summed E-state index contributed by atoms with van der Waals surface area (Å²) < 4.78 is 3.98. The molecule has 0 aliphatic rings. The topological polar surface area (TPSA) is 48.0 Å². The highest BCUT2D eigenvalue weighted by Gasteiger charge is 2.15. The second-order valence-corrected chi connectivity index (χ2v) is 4.28. The van der Waals surface area contributed by atoms with Gasteiger partial charge in [-0.25, -0.2) is 14.6 Å². The summed E-state index contributed by atoms with van der Waals surface area (Å²) in [4.78, 5) is 8.97. The van der Waals surface area contributed by atoms with Crippen molar-refractivity contribution in [3.8, 4) is 11.5 Å². The van der Waals surface area contributed by atoms with Crippen molar-refractivity contribution < 1.29 is 0 Å². The summed E-state index contributed by atoms with van der Waals surface area (Å²) in [7, 11) is 0. The maximum Gasteiger partial charge on any atom is 0.178 e. The Labute approximate surface area is 105 Å². The Balaban J connectivity index is 2.19. The predicted octanol–water partition coefficient (Wildman–Crippen LogP) is 2.31. The summed E-state index contributed by atoms with van der Waals surface area (Å²) in [6.07, 6.45) is 4.64. The van der Waals surface area contributed by atoms with Crippen LogP contribution in [0.1, 0.15) is 19.0 Å². The van der Waals surface area contributed by atoms with Crippen LogP contribution < -0.4 is 0 Å². The molecule has 0 amide bonds. The number of hydrogen-bond acceptors (Lipinski definition) is 3. The van der Waals surface area contributed by atoms with Crippen molar-refractivity contribution in [1.29, 1.82) is 0 Å². The van der Waals surface area contributed by atoms with E-state index in [1.807, 2.05) is 29.1 Å². The molecule has 3 aromatic rings. The minimum atomic E-state index is 0.845. The van der Waals surface area contributed by atoms with Crippen LogP contribution >= 0.6 is 0 Å². The first-order chi connectivity index (χ1) is 8.81. The van der Waals surface area contributed by atoms with Crippen LogP contribution in [0.5, 0.6) is 0 Å². The lowest BCUT2D eigenvalue weighted by Crippen LogP contribution is -2.02. The number of rotatable bonds is 3. The molecule has 0 saturated heterocycles. The molecule has 3 heterocycles. The molecule has 0 radical (unpaired) electrons. The lowest BCUT2D eigenvalue weighted by atomic mass is 10.3. The van der Waals surface area contributed by atoms with E-state index in [9.17, 15) is 0 Å². The van der Waals surface area contributed by atoms with Crippen molar-refractivity contribution in [2.75, 3.05) is 0 Å². The Morgan fingerprint density at radius 2 is 2.17 bits per heavy atom. The van der Waals surface area contributed by atoms with Crippen molar-refractivity contribution in [3.05, 3.63) is 36.4 Å². The first-order valence-electron chi connectivity index (χ1n) is 6.13. The molecule has 5 nitrogen and oxygen atoms in total. The number of nitrogens with zero attached hydrogens (tertiary/aromatic N) is 5. The molecule has 0 aliphatic carbocycles. The van der Waals surface area contributed by atoms with Gasteiger partial charge in [-0.3, -0.25) is 0 Å². The smallest absolute Gasteiger partial charge is 0.178 e. The zero-order chi connectivity index (χ0) is 12.5. The molecule has 0 saturated carbocycles. The number of aryl methyl sites for hydroxylation is 2. The van der Waals surface area contributed by atoms with Gasteiger partial charge >= 0.3 is 0 Å². The predicted molar refractivity (Wildman–Crippen MR) is 69.2 cm³/mol. The highest BCUT2D eigenvalue weighted by Crippen LogP contribution is 2.21. The molecular formula is C13H15N5. The van der Waals surface area contributed by atoms with E-state index in [2.05, 4.69) is 33.3 Å². The lowest BCUT2D eigenvalue weighted by Gasteiger charge is -2.02. The van der Waals surface area contributed by atoms with E-state index in [0.717, 1.165) is 35.8 Å². The molecule has 18 heavy (non-hydrogen) atoms. The minimum Gasteiger partial charge on any atom is -0.304 e. The molecule has 3 rings (SSSR count). The van der Waals surface area contributed by atoms with Crippen LogP contribution in [0.3, 0.4) is 0 Å². The summed E-state index contributed by atoms with van der Waals surface area (Å²) in [5.41, 5.74) is 2.94. The van der Waals surface area contributed by atoms with Gasteiger partial charge in [-0.15, -0.1) is 0 Å². The van der Waals surface area contributed by atoms with Gasteiger partial charge in [-0.2, -0.15) is 5.10 Å². The quantitative estimate of drug-likeness (QED) is 0.707. The second-order valence-electron chi connectivity index (χ2n) is 4.28. The molecule has 0 N–H and O–H groups in total. The average molecular weight is 241 g/mol. The zero-order valence-electron chi connectivity index (χ0n) is 10.5. The third-order valence-electron chi connectivity index (χ3n) is 3.03. The van der Waals surface area contributed by atoms with E-state index < -0.39 is 0 Å². The molecule has 5 heteroatoms. The van der Waals surface area contributed by atoms with Crippen LogP contribution in [0.15, 0.2) is 30.7 Å². The number of hydrogen-bond donors (Lipinski definition) is 0. The Hall–Kier alpha value is -2.17. The van der Waals surface area contributed by atoms with Crippen molar-refractivity contribution in [2.24, 2.45) is 0 Å². The summed E-state index contributed by atoms with van der Waals surface area (Å²) in [5, 5.41) is 4.25. The number of aromatic nitrogens is 5. The van der Waals surface area contributed by atoms with Gasteiger partial charge in [-0.1, -0.05) is 13.0 Å². The second kappa shape index (κ2) is 4.25. The third-order valence-corrected chi connectivity index (χ3v) is 3.03. The van der Waals surface area contributed by atoms with E-state index in [1.165, 1.54) is 0 Å². The van der Waals surface area contributed by atoms with Gasteiger partial charge in [-0.05, 0) is 25.5 Å². The summed E-state index contributed by atoms with van der Waals surface area (Å²) in [6, 6.07) is 5.99. The maximum absolute atomic E-state index is 4.64. The molecule has 0 bridgehead atoms. The van der Waals surface area contributed by atoms with Gasteiger partial charge in [0.15, 0.2) is 5.82 Å². The van der Waals surface area contributed by atoms with Gasteiger partial charge in [0.2, 0.25) is 0 Å². The van der Waals surface area contributed by atoms with Crippen molar-refractivity contribution >= 4 is 5.65 Å². The SMILES string of the molecule is CCCn1ncnc1-c1nc2ccccn2c1C. The van der Waals surface area contributed by atoms with Gasteiger partial charge in [0.05, 0.1) is 5.69 Å². The highest BCUT2D eigenvalue weighted by molar-refractivity contribution is 5.60. The van der Waals surface area contributed by atoms with E-state index >= 15 is 0 Å². The largest absolute Gasteiger partial charge is 0.304 e. The lowest BCUT2D eigenvalue weighted by molar-refractivity contribution is 0.607. The molecular weight excluding hydrogens is 226 g/mol. The van der Waals surface area contributed by atoms with Crippen molar-refractivity contribution in [1.82, 2.24) is 24.1 Å². The molecule has 0 aliphatic heterocycles. The van der Waals surface area contributed by atoms with Crippen molar-refractivity contribution in [2.45, 2.75) is 26.8 Å². The summed E-state index contributed by atoms with van der Waals surface area (Å²) >= 11 is 0. The summed E-state index contributed by atoms with van der Waals surface area (Å²) in [6.45, 7) is 5.05. The Kier molecular flexibility index (Phi) is 2.59. The van der Waals surface area contributed by atoms with Crippen LogP contribution in [0.2, 0.25) is 0 Å². The monoisotopic (exact) mass is 241 g/mol. The zero-order valence-corrected chi connectivity index (χ0v) is 10.5. The normalized spacial score (nSPS) is 11.2. The third kappa shape index (κ3) is 1.59. The van der Waals surface area contributed by atoms with E-state index in [1.54, 1.807) is 6.33 Å². The summed E-state index contributed by atoms with van der Waals surface area (Å²) in [5.74, 6) is 0.845. The van der Waals surface area contributed by atoms with Crippen LogP contribution in [-0.2, 0) is 6.54 Å². The molecule has 0 atom stereocenters. The number of imidazole rings is 1. The standard InChI is InChI=1S/C13H15N5/c1-3-7-18-13(14-9-15-18)12-10(2)17-8-5-4-6-11(17)16-12/h4-6,8-9H,3,7H2,1-2H3. The Bertz CT molecular complexity index is 680. The average Bonchev–Trinajstić information content (AvgIpc) is 2.96. The van der Waals surface area contributed by atoms with Gasteiger partial charge in [0.25, 0.3) is 0 Å². The highest BCUT2D eigenvalue weighted by atomic mass is 15.3. The fourth-order valence-electron chi connectivity index (χ4n) is 2.15. The van der Waals surface area contributed by atoms with Crippen LogP contribution in [0.4, 0.5) is 0 Å². The van der Waals surface area contributed by atoms with Gasteiger partial charge in [0, 0.05) is 12.7 Å². The van der Waals surface area contributed by atoms with Gasteiger partial charge < -0.3 is 4.40 Å². The minimum absolute atomic E-state index is 0.845. The van der Waals surface area contributed by atoms with Crippen LogP contribution in [0.25, 0.3) is 17.2 Å². The maximum atomic E-state index is 4.64. The fraction of sp³-hybridized carbons (Fsp3) is 0.308. The Morgan fingerprint density at radius 3 is 2.94 bits per heavy atom. The first kappa shape index (κ1) is 11.0. The molecule has 0 spiro atoms. The van der Waals surface area contributed by atoms with Crippen molar-refractivity contribution in [3.63, 3.8) is 0 Å². The van der Waals surface area contributed by atoms with E-state index in [4.69, 9.17) is 0 Å². The molecule has 0 fully saturated rings. The van der Waals surface area contributed by atoms with E-state index in [0.29, 0.717) is 0 Å². The van der Waals surface area contributed by atoms with Crippen LogP contribution in [-0.4, -0.2) is 24.1 Å². The fourth-order valence-corrected chi connectivity index (χ4v) is 2.15. The van der Waals surface area contributed by atoms with E-state index in [-0.39, 0.29) is 0 Å².